The Morgan fingerprint density at radius 2 is 2.31 bits per heavy atom. The molecule has 0 spiro atoms. The van der Waals surface area contributed by atoms with Gasteiger partial charge < -0.3 is 5.32 Å². The SMILES string of the molecule is O=C(NCc1cncs1)c1ccc(Br)cn1. The Bertz CT molecular complexity index is 469. The highest BCUT2D eigenvalue weighted by molar-refractivity contribution is 9.10. The Morgan fingerprint density at radius 3 is 2.94 bits per heavy atom. The summed E-state index contributed by atoms with van der Waals surface area (Å²) in [5.41, 5.74) is 2.15. The number of hydrogen-bond donors (Lipinski definition) is 1. The van der Waals surface area contributed by atoms with Crippen LogP contribution in [0.25, 0.3) is 0 Å². The number of pyridine rings is 1. The Labute approximate surface area is 105 Å². The molecule has 16 heavy (non-hydrogen) atoms. The summed E-state index contributed by atoms with van der Waals surface area (Å²) in [7, 11) is 0. The van der Waals surface area contributed by atoms with Crippen LogP contribution in [-0.4, -0.2) is 15.9 Å². The molecule has 0 bridgehead atoms. The van der Waals surface area contributed by atoms with Gasteiger partial charge in [-0.2, -0.15) is 0 Å². The molecule has 0 aliphatic heterocycles. The van der Waals surface area contributed by atoms with Crippen molar-refractivity contribution in [2.45, 2.75) is 6.54 Å². The number of rotatable bonds is 3. The molecule has 0 aromatic carbocycles. The first-order valence-electron chi connectivity index (χ1n) is 4.53. The van der Waals surface area contributed by atoms with Crippen molar-refractivity contribution >= 4 is 33.2 Å². The van der Waals surface area contributed by atoms with Crippen molar-refractivity contribution in [2.75, 3.05) is 0 Å². The zero-order valence-electron chi connectivity index (χ0n) is 8.18. The first-order chi connectivity index (χ1) is 7.75. The minimum Gasteiger partial charge on any atom is -0.346 e. The van der Waals surface area contributed by atoms with Crippen molar-refractivity contribution in [1.29, 1.82) is 0 Å². The number of carbonyl (C=O) groups excluding carboxylic acids is 1. The Morgan fingerprint density at radius 1 is 1.44 bits per heavy atom. The zero-order valence-corrected chi connectivity index (χ0v) is 10.6. The predicted octanol–water partition coefficient (Wildman–Crippen LogP) is 2.23. The lowest BCUT2D eigenvalue weighted by atomic mass is 10.3. The van der Waals surface area contributed by atoms with Gasteiger partial charge >= 0.3 is 0 Å². The van der Waals surface area contributed by atoms with E-state index in [0.29, 0.717) is 12.2 Å². The Balaban J connectivity index is 1.95. The third kappa shape index (κ3) is 2.86. The van der Waals surface area contributed by atoms with Crippen molar-refractivity contribution in [2.24, 2.45) is 0 Å². The van der Waals surface area contributed by atoms with E-state index in [9.17, 15) is 4.79 Å². The average Bonchev–Trinajstić information content (AvgIpc) is 2.80. The summed E-state index contributed by atoms with van der Waals surface area (Å²) < 4.78 is 0.853. The highest BCUT2D eigenvalue weighted by atomic mass is 79.9. The first kappa shape index (κ1) is 11.2. The van der Waals surface area contributed by atoms with Gasteiger partial charge in [0.25, 0.3) is 5.91 Å². The maximum absolute atomic E-state index is 11.6. The van der Waals surface area contributed by atoms with Crippen LogP contribution in [0.5, 0.6) is 0 Å². The van der Waals surface area contributed by atoms with Crippen LogP contribution in [0.3, 0.4) is 0 Å². The molecule has 6 heteroatoms. The third-order valence-electron chi connectivity index (χ3n) is 1.87. The van der Waals surface area contributed by atoms with Gasteiger partial charge in [-0.1, -0.05) is 0 Å². The summed E-state index contributed by atoms with van der Waals surface area (Å²) in [6, 6.07) is 3.46. The Kier molecular flexibility index (Phi) is 3.63. The standard InChI is InChI=1S/C10H8BrN3OS/c11-7-1-2-9(13-3-7)10(15)14-5-8-4-12-6-16-8/h1-4,6H,5H2,(H,14,15). The van der Waals surface area contributed by atoms with Crippen LogP contribution >= 0.6 is 27.3 Å². The quantitative estimate of drug-likeness (QED) is 0.945. The van der Waals surface area contributed by atoms with Crippen LogP contribution in [0.1, 0.15) is 15.4 Å². The van der Waals surface area contributed by atoms with Crippen LogP contribution in [0, 0.1) is 0 Å². The largest absolute Gasteiger partial charge is 0.346 e. The molecule has 0 fully saturated rings. The lowest BCUT2D eigenvalue weighted by molar-refractivity contribution is 0.0946. The number of aromatic nitrogens is 2. The van der Waals surface area contributed by atoms with E-state index in [0.717, 1.165) is 9.35 Å². The van der Waals surface area contributed by atoms with Gasteiger partial charge in [-0.05, 0) is 28.1 Å². The van der Waals surface area contributed by atoms with Crippen molar-refractivity contribution in [1.82, 2.24) is 15.3 Å². The average molecular weight is 298 g/mol. The van der Waals surface area contributed by atoms with Crippen molar-refractivity contribution in [3.8, 4) is 0 Å². The van der Waals surface area contributed by atoms with E-state index in [1.807, 2.05) is 0 Å². The molecule has 2 aromatic heterocycles. The summed E-state index contributed by atoms with van der Waals surface area (Å²) in [4.78, 5) is 20.6. The molecule has 2 heterocycles. The molecule has 4 nitrogen and oxygen atoms in total. The number of amides is 1. The molecule has 0 saturated carbocycles. The number of hydrogen-bond acceptors (Lipinski definition) is 4. The van der Waals surface area contributed by atoms with Crippen LogP contribution in [-0.2, 0) is 6.54 Å². The summed E-state index contributed by atoms with van der Waals surface area (Å²) in [5, 5.41) is 2.77. The third-order valence-corrected chi connectivity index (χ3v) is 3.12. The van der Waals surface area contributed by atoms with Gasteiger partial charge in [0.05, 0.1) is 12.1 Å². The molecule has 2 rings (SSSR count). The minimum atomic E-state index is -0.180. The van der Waals surface area contributed by atoms with Gasteiger partial charge in [0.15, 0.2) is 0 Å². The number of thiazole rings is 1. The molecule has 0 aliphatic carbocycles. The molecule has 0 aliphatic rings. The molecule has 1 amide bonds. The van der Waals surface area contributed by atoms with E-state index < -0.39 is 0 Å². The van der Waals surface area contributed by atoms with Crippen LogP contribution < -0.4 is 5.32 Å². The molecular formula is C10H8BrN3OS. The van der Waals surface area contributed by atoms with E-state index in [-0.39, 0.29) is 5.91 Å². The zero-order chi connectivity index (χ0) is 11.4. The van der Waals surface area contributed by atoms with Crippen molar-refractivity contribution in [3.05, 3.63) is 45.1 Å². The van der Waals surface area contributed by atoms with Gasteiger partial charge in [0.1, 0.15) is 5.69 Å². The first-order valence-corrected chi connectivity index (χ1v) is 6.20. The molecule has 0 saturated heterocycles. The van der Waals surface area contributed by atoms with Gasteiger partial charge in [-0.25, -0.2) is 4.98 Å². The maximum Gasteiger partial charge on any atom is 0.270 e. The minimum absolute atomic E-state index is 0.180. The van der Waals surface area contributed by atoms with E-state index in [2.05, 4.69) is 31.2 Å². The van der Waals surface area contributed by atoms with Crippen molar-refractivity contribution < 1.29 is 4.79 Å². The summed E-state index contributed by atoms with van der Waals surface area (Å²) in [5.74, 6) is -0.180. The normalized spacial score (nSPS) is 10.1. The summed E-state index contributed by atoms with van der Waals surface area (Å²) in [6.07, 6.45) is 3.33. The fourth-order valence-electron chi connectivity index (χ4n) is 1.10. The van der Waals surface area contributed by atoms with E-state index in [1.165, 1.54) is 11.3 Å². The molecule has 0 radical (unpaired) electrons. The second-order valence-corrected chi connectivity index (χ2v) is 4.90. The Hall–Kier alpha value is -1.27. The second-order valence-electron chi connectivity index (χ2n) is 3.01. The van der Waals surface area contributed by atoms with E-state index in [1.54, 1.807) is 30.0 Å². The predicted molar refractivity (Wildman–Crippen MR) is 65.2 cm³/mol. The molecule has 0 atom stereocenters. The topological polar surface area (TPSA) is 54.9 Å². The number of halogens is 1. The van der Waals surface area contributed by atoms with Crippen LogP contribution in [0.4, 0.5) is 0 Å². The maximum atomic E-state index is 11.6. The van der Waals surface area contributed by atoms with Gasteiger partial charge in [0, 0.05) is 21.7 Å². The fourth-order valence-corrected chi connectivity index (χ4v) is 1.87. The molecule has 2 aromatic rings. The summed E-state index contributed by atoms with van der Waals surface area (Å²) >= 11 is 4.77. The van der Waals surface area contributed by atoms with Crippen molar-refractivity contribution in [3.63, 3.8) is 0 Å². The molecular weight excluding hydrogens is 290 g/mol. The highest BCUT2D eigenvalue weighted by Gasteiger charge is 2.06. The van der Waals surface area contributed by atoms with Crippen LogP contribution in [0.2, 0.25) is 0 Å². The van der Waals surface area contributed by atoms with Gasteiger partial charge in [-0.3, -0.25) is 9.78 Å². The number of carbonyl (C=O) groups is 1. The lowest BCUT2D eigenvalue weighted by Gasteiger charge is -2.02. The molecule has 82 valence electrons. The van der Waals surface area contributed by atoms with Gasteiger partial charge in [-0.15, -0.1) is 11.3 Å². The lowest BCUT2D eigenvalue weighted by Crippen LogP contribution is -2.23. The van der Waals surface area contributed by atoms with E-state index in [4.69, 9.17) is 0 Å². The highest BCUT2D eigenvalue weighted by Crippen LogP contribution is 2.08. The molecule has 0 unspecified atom stereocenters. The second kappa shape index (κ2) is 5.18. The number of nitrogens with zero attached hydrogens (tertiary/aromatic N) is 2. The van der Waals surface area contributed by atoms with E-state index >= 15 is 0 Å². The van der Waals surface area contributed by atoms with Crippen LogP contribution in [0.15, 0.2) is 34.5 Å². The molecule has 1 N–H and O–H groups in total. The smallest absolute Gasteiger partial charge is 0.270 e. The van der Waals surface area contributed by atoms with Gasteiger partial charge in [0.2, 0.25) is 0 Å². The summed E-state index contributed by atoms with van der Waals surface area (Å²) in [6.45, 7) is 0.487. The number of nitrogens with one attached hydrogen (secondary N) is 1. The monoisotopic (exact) mass is 297 g/mol. The fraction of sp³-hybridized carbons (Fsp3) is 0.100.